The molecule has 0 aliphatic rings. The van der Waals surface area contributed by atoms with Gasteiger partial charge in [0, 0.05) is 19.8 Å². The van der Waals surface area contributed by atoms with Gasteiger partial charge in [-0.2, -0.15) is 0 Å². The van der Waals surface area contributed by atoms with Gasteiger partial charge in [0.05, 0.1) is 11.4 Å². The third kappa shape index (κ3) is 4.59. The van der Waals surface area contributed by atoms with Crippen LogP contribution in [0, 0.1) is 0 Å². The average molecular weight is 299 g/mol. The number of sulfonamides is 1. The number of amides is 1. The van der Waals surface area contributed by atoms with Crippen LogP contribution in [0.5, 0.6) is 0 Å². The van der Waals surface area contributed by atoms with Gasteiger partial charge in [0.15, 0.2) is 0 Å². The Hall–Kier alpha value is -1.44. The molecule has 0 unspecified atom stereocenters. The van der Waals surface area contributed by atoms with Crippen LogP contribution in [0.1, 0.15) is 13.3 Å². The summed E-state index contributed by atoms with van der Waals surface area (Å²) in [6, 6.07) is 6.21. The molecule has 6 nitrogen and oxygen atoms in total. The second-order valence-corrected chi connectivity index (χ2v) is 6.69. The maximum absolute atomic E-state index is 12.0. The van der Waals surface area contributed by atoms with Crippen molar-refractivity contribution in [2.24, 2.45) is 0 Å². The number of carbonyl (C=O) groups is 1. The molecule has 0 fully saturated rings. The lowest BCUT2D eigenvalue weighted by Crippen LogP contribution is -2.28. The first-order valence-electron chi connectivity index (χ1n) is 6.41. The van der Waals surface area contributed by atoms with E-state index in [2.05, 4.69) is 10.6 Å². The topological polar surface area (TPSA) is 78.5 Å². The molecule has 0 aliphatic heterocycles. The van der Waals surface area contributed by atoms with Gasteiger partial charge in [0.1, 0.15) is 0 Å². The predicted molar refractivity (Wildman–Crippen MR) is 79.1 cm³/mol. The van der Waals surface area contributed by atoms with Crippen LogP contribution in [-0.4, -0.2) is 45.8 Å². The highest BCUT2D eigenvalue weighted by atomic mass is 32.2. The summed E-state index contributed by atoms with van der Waals surface area (Å²) >= 11 is 0. The third-order valence-corrected chi connectivity index (χ3v) is 4.42. The van der Waals surface area contributed by atoms with Gasteiger partial charge in [-0.3, -0.25) is 4.79 Å². The molecule has 0 atom stereocenters. The molecule has 7 heteroatoms. The van der Waals surface area contributed by atoms with E-state index in [9.17, 15) is 13.2 Å². The van der Waals surface area contributed by atoms with Crippen molar-refractivity contribution in [3.8, 4) is 0 Å². The molecule has 1 aromatic rings. The van der Waals surface area contributed by atoms with Gasteiger partial charge in [-0.15, -0.1) is 0 Å². The fraction of sp³-hybridized carbons (Fsp3) is 0.462. The number of nitrogens with one attached hydrogen (secondary N) is 2. The van der Waals surface area contributed by atoms with E-state index in [1.54, 1.807) is 12.1 Å². The van der Waals surface area contributed by atoms with Crippen molar-refractivity contribution >= 4 is 21.6 Å². The van der Waals surface area contributed by atoms with Crippen molar-refractivity contribution in [1.82, 2.24) is 9.62 Å². The summed E-state index contributed by atoms with van der Waals surface area (Å²) in [4.78, 5) is 11.8. The number of anilines is 1. The van der Waals surface area contributed by atoms with Crippen molar-refractivity contribution in [2.45, 2.75) is 18.2 Å². The maximum Gasteiger partial charge on any atom is 0.242 e. The Kier molecular flexibility index (Phi) is 6.12. The molecule has 0 aliphatic carbocycles. The van der Waals surface area contributed by atoms with Crippen molar-refractivity contribution in [1.29, 1.82) is 0 Å². The van der Waals surface area contributed by atoms with Gasteiger partial charge < -0.3 is 10.6 Å². The summed E-state index contributed by atoms with van der Waals surface area (Å²) in [6.45, 7) is 2.99. The van der Waals surface area contributed by atoms with E-state index in [1.807, 2.05) is 6.92 Å². The minimum absolute atomic E-state index is 0.154. The van der Waals surface area contributed by atoms with Gasteiger partial charge in [0.25, 0.3) is 0 Å². The van der Waals surface area contributed by atoms with E-state index in [-0.39, 0.29) is 17.3 Å². The summed E-state index contributed by atoms with van der Waals surface area (Å²) in [5, 5.41) is 5.65. The summed E-state index contributed by atoms with van der Waals surface area (Å²) < 4.78 is 25.1. The molecule has 0 saturated heterocycles. The number of benzene rings is 1. The molecule has 112 valence electrons. The van der Waals surface area contributed by atoms with Crippen molar-refractivity contribution in [3.05, 3.63) is 24.3 Å². The van der Waals surface area contributed by atoms with Gasteiger partial charge in [-0.1, -0.05) is 13.0 Å². The van der Waals surface area contributed by atoms with Crippen LogP contribution in [0.4, 0.5) is 5.69 Å². The number of nitrogens with zero attached hydrogens (tertiary/aromatic N) is 1. The first-order valence-corrected chi connectivity index (χ1v) is 7.85. The number of hydrogen-bond donors (Lipinski definition) is 2. The molecule has 2 N–H and O–H groups in total. The monoisotopic (exact) mass is 299 g/mol. The van der Waals surface area contributed by atoms with Gasteiger partial charge in [0.2, 0.25) is 15.9 Å². The molecule has 1 amide bonds. The largest absolute Gasteiger partial charge is 0.325 e. The Bertz CT molecular complexity index is 556. The van der Waals surface area contributed by atoms with Crippen LogP contribution in [-0.2, 0) is 14.8 Å². The van der Waals surface area contributed by atoms with Crippen LogP contribution in [0.2, 0.25) is 0 Å². The van der Waals surface area contributed by atoms with E-state index in [0.29, 0.717) is 5.69 Å². The van der Waals surface area contributed by atoms with Gasteiger partial charge >= 0.3 is 0 Å². The van der Waals surface area contributed by atoms with E-state index < -0.39 is 10.0 Å². The zero-order valence-electron chi connectivity index (χ0n) is 12.0. The molecule has 1 rings (SSSR count). The van der Waals surface area contributed by atoms with E-state index >= 15 is 0 Å². The molecule has 0 saturated carbocycles. The Labute approximate surface area is 120 Å². The number of carbonyl (C=O) groups excluding carboxylic acids is 1. The Morgan fingerprint density at radius 1 is 1.30 bits per heavy atom. The highest BCUT2D eigenvalue weighted by molar-refractivity contribution is 7.89. The summed E-state index contributed by atoms with van der Waals surface area (Å²) in [5.41, 5.74) is 0.469. The molecular weight excluding hydrogens is 278 g/mol. The second-order valence-electron chi connectivity index (χ2n) is 4.54. The maximum atomic E-state index is 12.0. The SMILES string of the molecule is CCCNCC(=O)Nc1cccc(S(=O)(=O)N(C)C)c1. The number of hydrogen-bond acceptors (Lipinski definition) is 4. The molecule has 0 spiro atoms. The van der Waals surface area contributed by atoms with Gasteiger partial charge in [-0.05, 0) is 31.2 Å². The molecule has 0 radical (unpaired) electrons. The van der Waals surface area contributed by atoms with Crippen molar-refractivity contribution in [2.75, 3.05) is 32.5 Å². The smallest absolute Gasteiger partial charge is 0.242 e. The first kappa shape index (κ1) is 16.6. The fourth-order valence-corrected chi connectivity index (χ4v) is 2.48. The van der Waals surface area contributed by atoms with Crippen molar-refractivity contribution < 1.29 is 13.2 Å². The van der Waals surface area contributed by atoms with E-state index in [4.69, 9.17) is 0 Å². The quantitative estimate of drug-likeness (QED) is 0.733. The van der Waals surface area contributed by atoms with E-state index in [0.717, 1.165) is 17.3 Å². The minimum atomic E-state index is -3.49. The zero-order valence-corrected chi connectivity index (χ0v) is 12.8. The van der Waals surface area contributed by atoms with Crippen LogP contribution < -0.4 is 10.6 Å². The van der Waals surface area contributed by atoms with Gasteiger partial charge in [-0.25, -0.2) is 12.7 Å². The number of rotatable bonds is 7. The third-order valence-electron chi connectivity index (χ3n) is 2.61. The average Bonchev–Trinajstić information content (AvgIpc) is 2.39. The molecule has 1 aromatic carbocycles. The second kappa shape index (κ2) is 7.37. The van der Waals surface area contributed by atoms with Crippen LogP contribution in [0.25, 0.3) is 0 Å². The van der Waals surface area contributed by atoms with Crippen molar-refractivity contribution in [3.63, 3.8) is 0 Å². The Morgan fingerprint density at radius 2 is 2.00 bits per heavy atom. The molecule has 20 heavy (non-hydrogen) atoms. The fourth-order valence-electron chi connectivity index (χ4n) is 1.53. The molecule has 0 bridgehead atoms. The first-order chi connectivity index (χ1) is 9.37. The summed E-state index contributed by atoms with van der Waals surface area (Å²) in [7, 11) is -0.555. The molecule has 0 aromatic heterocycles. The lowest BCUT2D eigenvalue weighted by Gasteiger charge is -2.12. The Morgan fingerprint density at radius 3 is 2.60 bits per heavy atom. The summed E-state index contributed by atoms with van der Waals surface area (Å²) in [6.07, 6.45) is 0.948. The van der Waals surface area contributed by atoms with Crippen LogP contribution in [0.3, 0.4) is 0 Å². The molecular formula is C13H21N3O3S. The normalized spacial score (nSPS) is 11.6. The lowest BCUT2D eigenvalue weighted by atomic mass is 10.3. The zero-order chi connectivity index (χ0) is 15.2. The molecule has 0 heterocycles. The van der Waals surface area contributed by atoms with Crippen LogP contribution in [0.15, 0.2) is 29.2 Å². The summed E-state index contributed by atoms with van der Waals surface area (Å²) in [5.74, 6) is -0.196. The highest BCUT2D eigenvalue weighted by Crippen LogP contribution is 2.17. The standard InChI is InChI=1S/C13H21N3O3S/c1-4-8-14-10-13(17)15-11-6-5-7-12(9-11)20(18,19)16(2)3/h5-7,9,14H,4,8,10H2,1-3H3,(H,15,17). The highest BCUT2D eigenvalue weighted by Gasteiger charge is 2.17. The minimum Gasteiger partial charge on any atom is -0.325 e. The lowest BCUT2D eigenvalue weighted by molar-refractivity contribution is -0.115. The predicted octanol–water partition coefficient (Wildman–Crippen LogP) is 0.875. The van der Waals surface area contributed by atoms with E-state index in [1.165, 1.54) is 26.2 Å². The Balaban J connectivity index is 2.77. The van der Waals surface area contributed by atoms with Crippen LogP contribution >= 0.6 is 0 Å².